The lowest BCUT2D eigenvalue weighted by Gasteiger charge is -2.23. The van der Waals surface area contributed by atoms with Gasteiger partial charge in [0.1, 0.15) is 18.1 Å². The van der Waals surface area contributed by atoms with Crippen LogP contribution in [0.15, 0.2) is 36.4 Å². The number of fused-ring (bicyclic) bond motifs is 5. The van der Waals surface area contributed by atoms with Crippen LogP contribution < -0.4 is 4.74 Å². The molecule has 3 aromatic rings. The maximum absolute atomic E-state index is 13.7. The summed E-state index contributed by atoms with van der Waals surface area (Å²) >= 11 is 6.29. The molecule has 1 aliphatic rings. The lowest BCUT2D eigenvalue weighted by molar-refractivity contribution is 0.304. The summed E-state index contributed by atoms with van der Waals surface area (Å²) in [5, 5.41) is 21.0. The molecule has 110 valence electrons. The number of aromatic hydroxyl groups is 2. The third-order valence-electron chi connectivity index (χ3n) is 3.86. The molecule has 0 amide bonds. The van der Waals surface area contributed by atoms with Crippen LogP contribution >= 0.6 is 11.6 Å². The van der Waals surface area contributed by atoms with Gasteiger partial charge in [-0.05, 0) is 42.0 Å². The third-order valence-corrected chi connectivity index (χ3v) is 4.17. The number of hydrogen-bond acceptors (Lipinski definition) is 3. The second-order valence-electron chi connectivity index (χ2n) is 5.21. The molecule has 22 heavy (non-hydrogen) atoms. The first-order chi connectivity index (χ1) is 10.5. The SMILES string of the molecule is Oc1ccc2c3c(cc(Cl)c2c1)-c1cc(F)c(O)cc1CO3. The highest BCUT2D eigenvalue weighted by Gasteiger charge is 2.23. The smallest absolute Gasteiger partial charge is 0.165 e. The predicted octanol–water partition coefficient (Wildman–Crippen LogP) is 4.60. The van der Waals surface area contributed by atoms with Gasteiger partial charge in [0.2, 0.25) is 0 Å². The molecule has 0 saturated heterocycles. The van der Waals surface area contributed by atoms with Crippen LogP contribution in [0.4, 0.5) is 4.39 Å². The minimum Gasteiger partial charge on any atom is -0.508 e. The Morgan fingerprint density at radius 3 is 2.64 bits per heavy atom. The quantitative estimate of drug-likeness (QED) is 0.637. The van der Waals surface area contributed by atoms with Gasteiger partial charge in [0.15, 0.2) is 11.6 Å². The Morgan fingerprint density at radius 2 is 1.82 bits per heavy atom. The standard InChI is InChI=1S/C17H10ClFO3/c18-14-5-13-11-6-15(19)16(21)3-8(11)7-22-17(13)10-2-1-9(20)4-12(10)14/h1-6,20-21H,7H2. The molecule has 1 heterocycles. The van der Waals surface area contributed by atoms with Gasteiger partial charge in [-0.25, -0.2) is 4.39 Å². The van der Waals surface area contributed by atoms with E-state index in [1.165, 1.54) is 12.1 Å². The second kappa shape index (κ2) is 4.52. The summed E-state index contributed by atoms with van der Waals surface area (Å²) < 4.78 is 19.5. The summed E-state index contributed by atoms with van der Waals surface area (Å²) in [5.41, 5.74) is 2.01. The van der Waals surface area contributed by atoms with Gasteiger partial charge in [0, 0.05) is 26.9 Å². The zero-order valence-corrected chi connectivity index (χ0v) is 12.0. The number of ether oxygens (including phenoxy) is 1. The second-order valence-corrected chi connectivity index (χ2v) is 5.62. The van der Waals surface area contributed by atoms with Gasteiger partial charge in [0.25, 0.3) is 0 Å². The molecule has 0 aromatic heterocycles. The lowest BCUT2D eigenvalue weighted by Crippen LogP contribution is -2.06. The summed E-state index contributed by atoms with van der Waals surface area (Å²) in [6, 6.07) is 9.17. The fraction of sp³-hybridized carbons (Fsp3) is 0.0588. The molecule has 0 saturated carbocycles. The first-order valence-electron chi connectivity index (χ1n) is 6.64. The fourth-order valence-electron chi connectivity index (χ4n) is 2.82. The van der Waals surface area contributed by atoms with E-state index in [0.29, 0.717) is 32.8 Å². The molecule has 0 aliphatic carbocycles. The number of rotatable bonds is 0. The van der Waals surface area contributed by atoms with Crippen LogP contribution in [0.3, 0.4) is 0 Å². The fourth-order valence-corrected chi connectivity index (χ4v) is 3.09. The summed E-state index contributed by atoms with van der Waals surface area (Å²) in [4.78, 5) is 0. The van der Waals surface area contributed by atoms with E-state index in [-0.39, 0.29) is 12.4 Å². The minimum atomic E-state index is -0.687. The zero-order valence-electron chi connectivity index (χ0n) is 11.2. The topological polar surface area (TPSA) is 49.7 Å². The average Bonchev–Trinajstić information content (AvgIpc) is 2.49. The maximum atomic E-state index is 13.7. The lowest BCUT2D eigenvalue weighted by atomic mass is 9.93. The van der Waals surface area contributed by atoms with Crippen LogP contribution in [-0.2, 0) is 6.61 Å². The molecule has 0 atom stereocenters. The van der Waals surface area contributed by atoms with Gasteiger partial charge in [-0.15, -0.1) is 0 Å². The van der Waals surface area contributed by atoms with E-state index in [2.05, 4.69) is 0 Å². The molecule has 5 heteroatoms. The normalized spacial score (nSPS) is 12.6. The molecular formula is C17H10ClFO3. The van der Waals surface area contributed by atoms with Crippen molar-refractivity contribution in [3.63, 3.8) is 0 Å². The Bertz CT molecular complexity index is 937. The Hall–Kier alpha value is -2.46. The molecule has 0 fully saturated rings. The molecule has 1 aliphatic heterocycles. The molecular weight excluding hydrogens is 307 g/mol. The number of hydrogen-bond donors (Lipinski definition) is 2. The van der Waals surface area contributed by atoms with Crippen molar-refractivity contribution < 1.29 is 19.3 Å². The number of halogens is 2. The van der Waals surface area contributed by atoms with Crippen molar-refractivity contribution in [3.8, 4) is 28.4 Å². The van der Waals surface area contributed by atoms with E-state index in [4.69, 9.17) is 16.3 Å². The van der Waals surface area contributed by atoms with Crippen LogP contribution in [0.2, 0.25) is 5.02 Å². The minimum absolute atomic E-state index is 0.113. The number of benzene rings is 3. The third kappa shape index (κ3) is 1.81. The molecule has 0 bridgehead atoms. The van der Waals surface area contributed by atoms with Crippen LogP contribution in [0.5, 0.6) is 17.2 Å². The van der Waals surface area contributed by atoms with Gasteiger partial charge in [-0.2, -0.15) is 0 Å². The summed E-state index contributed by atoms with van der Waals surface area (Å²) in [6.45, 7) is 0.230. The molecule has 4 rings (SSSR count). The van der Waals surface area contributed by atoms with Crippen molar-refractivity contribution in [2.45, 2.75) is 6.61 Å². The van der Waals surface area contributed by atoms with E-state index in [9.17, 15) is 14.6 Å². The summed E-state index contributed by atoms with van der Waals surface area (Å²) in [5.74, 6) is -0.380. The Balaban J connectivity index is 2.08. The van der Waals surface area contributed by atoms with Gasteiger partial charge >= 0.3 is 0 Å². The largest absolute Gasteiger partial charge is 0.508 e. The zero-order chi connectivity index (χ0) is 15.4. The summed E-state index contributed by atoms with van der Waals surface area (Å²) in [7, 11) is 0. The Kier molecular flexibility index (Phi) is 2.71. The van der Waals surface area contributed by atoms with E-state index in [1.54, 1.807) is 24.3 Å². The van der Waals surface area contributed by atoms with Crippen LogP contribution in [-0.4, -0.2) is 10.2 Å². The molecule has 3 nitrogen and oxygen atoms in total. The molecule has 0 unspecified atom stereocenters. The van der Waals surface area contributed by atoms with Crippen molar-refractivity contribution in [1.29, 1.82) is 0 Å². The van der Waals surface area contributed by atoms with Crippen LogP contribution in [0.1, 0.15) is 5.56 Å². The first kappa shape index (κ1) is 13.2. The molecule has 0 spiro atoms. The number of phenolic OH excluding ortho intramolecular Hbond substituents is 2. The maximum Gasteiger partial charge on any atom is 0.165 e. The van der Waals surface area contributed by atoms with Crippen molar-refractivity contribution in [2.75, 3.05) is 0 Å². The van der Waals surface area contributed by atoms with E-state index < -0.39 is 11.6 Å². The molecule has 2 N–H and O–H groups in total. The van der Waals surface area contributed by atoms with Gasteiger partial charge in [0.05, 0.1) is 0 Å². The highest BCUT2D eigenvalue weighted by Crippen LogP contribution is 2.46. The van der Waals surface area contributed by atoms with Gasteiger partial charge in [-0.3, -0.25) is 0 Å². The summed E-state index contributed by atoms with van der Waals surface area (Å²) in [6.07, 6.45) is 0. The van der Waals surface area contributed by atoms with Crippen LogP contribution in [0, 0.1) is 5.82 Å². The van der Waals surface area contributed by atoms with Gasteiger partial charge in [-0.1, -0.05) is 11.6 Å². The highest BCUT2D eigenvalue weighted by molar-refractivity contribution is 6.36. The van der Waals surface area contributed by atoms with E-state index in [0.717, 1.165) is 5.39 Å². The van der Waals surface area contributed by atoms with Crippen LogP contribution in [0.25, 0.3) is 21.9 Å². The van der Waals surface area contributed by atoms with Gasteiger partial charge < -0.3 is 14.9 Å². The van der Waals surface area contributed by atoms with E-state index in [1.807, 2.05) is 0 Å². The van der Waals surface area contributed by atoms with Crippen molar-refractivity contribution in [1.82, 2.24) is 0 Å². The molecule has 0 radical (unpaired) electrons. The van der Waals surface area contributed by atoms with Crippen molar-refractivity contribution in [3.05, 3.63) is 52.8 Å². The number of phenols is 2. The first-order valence-corrected chi connectivity index (χ1v) is 7.02. The van der Waals surface area contributed by atoms with E-state index >= 15 is 0 Å². The predicted molar refractivity (Wildman–Crippen MR) is 82.0 cm³/mol. The average molecular weight is 317 g/mol. The highest BCUT2D eigenvalue weighted by atomic mass is 35.5. The monoisotopic (exact) mass is 316 g/mol. The molecule has 3 aromatic carbocycles. The Morgan fingerprint density at radius 1 is 1.00 bits per heavy atom. The van der Waals surface area contributed by atoms with Crippen molar-refractivity contribution in [2.24, 2.45) is 0 Å². The van der Waals surface area contributed by atoms with Crippen molar-refractivity contribution >= 4 is 22.4 Å². The Labute approximate surface area is 130 Å².